The number of hydrogen-bond acceptors (Lipinski definition) is 4. The topological polar surface area (TPSA) is 90.0 Å². The highest BCUT2D eigenvalue weighted by Crippen LogP contribution is 2.15. The van der Waals surface area contributed by atoms with Crippen molar-refractivity contribution in [2.75, 3.05) is 0 Å². The van der Waals surface area contributed by atoms with Crippen molar-refractivity contribution in [3.8, 4) is 0 Å². The fraction of sp³-hybridized carbons (Fsp3) is 0.556. The minimum atomic E-state index is -3.70. The summed E-state index contributed by atoms with van der Waals surface area (Å²) < 4.78 is 28.1. The smallest absolute Gasteiger partial charge is 0.260 e. The van der Waals surface area contributed by atoms with Gasteiger partial charge in [0.1, 0.15) is 0 Å². The Morgan fingerprint density at radius 2 is 2.29 bits per heavy atom. The van der Waals surface area contributed by atoms with Gasteiger partial charge in [0.25, 0.3) is 10.0 Å². The molecule has 96 valence electrons. The van der Waals surface area contributed by atoms with Crippen LogP contribution in [0.5, 0.6) is 0 Å². The van der Waals surface area contributed by atoms with E-state index >= 15 is 0 Å². The first-order chi connectivity index (χ1) is 7.71. The van der Waals surface area contributed by atoms with Crippen molar-refractivity contribution in [2.24, 2.45) is 12.8 Å². The van der Waals surface area contributed by atoms with Crippen molar-refractivity contribution in [3.05, 3.63) is 12.5 Å². The number of aryl methyl sites for hydroxylation is 1. The molecule has 0 saturated heterocycles. The van der Waals surface area contributed by atoms with Crippen molar-refractivity contribution in [3.63, 3.8) is 0 Å². The van der Waals surface area contributed by atoms with Gasteiger partial charge in [-0.3, -0.25) is 0 Å². The van der Waals surface area contributed by atoms with Crippen LogP contribution >= 0.6 is 12.2 Å². The Labute approximate surface area is 106 Å². The van der Waals surface area contributed by atoms with E-state index in [0.29, 0.717) is 6.42 Å². The van der Waals surface area contributed by atoms with Gasteiger partial charge in [-0.2, -0.15) is 4.72 Å². The molecular weight excluding hydrogens is 260 g/mol. The molecule has 0 fully saturated rings. The zero-order valence-corrected chi connectivity index (χ0v) is 11.6. The lowest BCUT2D eigenvalue weighted by atomic mass is 10.0. The van der Waals surface area contributed by atoms with Crippen LogP contribution in [-0.4, -0.2) is 28.5 Å². The summed E-state index contributed by atoms with van der Waals surface area (Å²) in [6.07, 6.45) is 3.30. The largest absolute Gasteiger partial charge is 0.392 e. The Balaban J connectivity index is 3.06. The fourth-order valence-corrected chi connectivity index (χ4v) is 2.88. The van der Waals surface area contributed by atoms with Crippen LogP contribution in [-0.2, 0) is 17.1 Å². The number of rotatable bonds is 5. The van der Waals surface area contributed by atoms with Gasteiger partial charge >= 0.3 is 0 Å². The minimum Gasteiger partial charge on any atom is -0.392 e. The zero-order chi connectivity index (χ0) is 13.3. The quantitative estimate of drug-likeness (QED) is 0.747. The fourth-order valence-electron chi connectivity index (χ4n) is 1.17. The molecule has 6 nitrogen and oxygen atoms in total. The SMILES string of the molecule is CCC(C)(NS(=O)(=O)c1cn(C)cn1)C(N)=S. The Kier molecular flexibility index (Phi) is 3.90. The normalized spacial score (nSPS) is 15.5. The number of hydrogen-bond donors (Lipinski definition) is 2. The minimum absolute atomic E-state index is 0.0454. The van der Waals surface area contributed by atoms with E-state index in [1.165, 1.54) is 12.5 Å². The lowest BCUT2D eigenvalue weighted by Gasteiger charge is -2.27. The van der Waals surface area contributed by atoms with E-state index in [1.807, 2.05) is 0 Å². The molecule has 3 N–H and O–H groups in total. The molecule has 1 rings (SSSR count). The number of nitrogens with one attached hydrogen (secondary N) is 1. The number of nitrogens with zero attached hydrogens (tertiary/aromatic N) is 2. The van der Waals surface area contributed by atoms with Crippen LogP contribution in [0.25, 0.3) is 0 Å². The van der Waals surface area contributed by atoms with Crippen LogP contribution in [0.4, 0.5) is 0 Å². The monoisotopic (exact) mass is 276 g/mol. The van der Waals surface area contributed by atoms with Crippen LogP contribution in [0.2, 0.25) is 0 Å². The molecule has 1 atom stereocenters. The highest BCUT2D eigenvalue weighted by molar-refractivity contribution is 7.89. The second-order valence-electron chi connectivity index (χ2n) is 4.03. The third-order valence-corrected chi connectivity index (χ3v) is 4.50. The first-order valence-corrected chi connectivity index (χ1v) is 6.92. The van der Waals surface area contributed by atoms with Crippen molar-refractivity contribution >= 4 is 27.2 Å². The van der Waals surface area contributed by atoms with Crippen LogP contribution in [0.1, 0.15) is 20.3 Å². The van der Waals surface area contributed by atoms with Gasteiger partial charge in [0.2, 0.25) is 0 Å². The molecule has 0 amide bonds. The molecule has 0 aliphatic carbocycles. The van der Waals surface area contributed by atoms with Gasteiger partial charge in [-0.05, 0) is 13.3 Å². The Morgan fingerprint density at radius 1 is 1.71 bits per heavy atom. The molecular formula is C9H16N4O2S2. The standard InChI is InChI=1S/C9H16N4O2S2/c1-4-9(2,8(10)16)12-17(14,15)7-5-13(3)6-11-7/h5-6,12H,4H2,1-3H3,(H2,10,16). The number of imidazole rings is 1. The summed E-state index contributed by atoms with van der Waals surface area (Å²) in [5, 5.41) is -0.0454. The zero-order valence-electron chi connectivity index (χ0n) is 9.97. The van der Waals surface area contributed by atoms with Gasteiger partial charge in [0.15, 0.2) is 5.03 Å². The Hall–Kier alpha value is -0.990. The number of thiocarbonyl (C=S) groups is 1. The molecule has 1 aromatic rings. The van der Waals surface area contributed by atoms with E-state index in [2.05, 4.69) is 9.71 Å². The number of sulfonamides is 1. The summed E-state index contributed by atoms with van der Waals surface area (Å²) in [5.41, 5.74) is 4.61. The molecule has 0 aliphatic heterocycles. The number of aromatic nitrogens is 2. The molecule has 17 heavy (non-hydrogen) atoms. The highest BCUT2D eigenvalue weighted by Gasteiger charge is 2.32. The lowest BCUT2D eigenvalue weighted by Crippen LogP contribution is -2.53. The summed E-state index contributed by atoms with van der Waals surface area (Å²) in [5.74, 6) is 0. The highest BCUT2D eigenvalue weighted by atomic mass is 32.2. The van der Waals surface area contributed by atoms with Crippen molar-refractivity contribution in [1.82, 2.24) is 14.3 Å². The third-order valence-electron chi connectivity index (χ3n) is 2.57. The predicted octanol–water partition coefficient (Wildman–Crippen LogP) is 0.153. The molecule has 1 unspecified atom stereocenters. The molecule has 0 saturated carbocycles. The average molecular weight is 276 g/mol. The Bertz CT molecular complexity index is 523. The molecule has 0 bridgehead atoms. The average Bonchev–Trinajstić information content (AvgIpc) is 2.64. The molecule has 8 heteroatoms. The van der Waals surface area contributed by atoms with Gasteiger partial charge in [0, 0.05) is 13.2 Å². The molecule has 1 heterocycles. The molecule has 0 radical (unpaired) electrons. The van der Waals surface area contributed by atoms with E-state index in [1.54, 1.807) is 25.5 Å². The van der Waals surface area contributed by atoms with E-state index < -0.39 is 15.6 Å². The van der Waals surface area contributed by atoms with Crippen molar-refractivity contribution in [1.29, 1.82) is 0 Å². The summed E-state index contributed by atoms with van der Waals surface area (Å²) >= 11 is 4.88. The van der Waals surface area contributed by atoms with Gasteiger partial charge in [-0.15, -0.1) is 0 Å². The van der Waals surface area contributed by atoms with Crippen molar-refractivity contribution < 1.29 is 8.42 Å². The summed E-state index contributed by atoms with van der Waals surface area (Å²) in [6.45, 7) is 3.45. The first-order valence-electron chi connectivity index (χ1n) is 5.03. The lowest BCUT2D eigenvalue weighted by molar-refractivity contribution is 0.509. The molecule has 0 aromatic carbocycles. The Morgan fingerprint density at radius 3 is 2.65 bits per heavy atom. The maximum Gasteiger partial charge on any atom is 0.260 e. The second-order valence-corrected chi connectivity index (χ2v) is 6.10. The van der Waals surface area contributed by atoms with Crippen LogP contribution in [0, 0.1) is 0 Å². The first kappa shape index (κ1) is 14.1. The molecule has 0 spiro atoms. The van der Waals surface area contributed by atoms with E-state index in [0.717, 1.165) is 0 Å². The summed E-state index contributed by atoms with van der Waals surface area (Å²) in [6, 6.07) is 0. The van der Waals surface area contributed by atoms with Crippen LogP contribution in [0.3, 0.4) is 0 Å². The van der Waals surface area contributed by atoms with E-state index in [4.69, 9.17) is 18.0 Å². The van der Waals surface area contributed by atoms with Gasteiger partial charge in [-0.1, -0.05) is 19.1 Å². The molecule has 1 aromatic heterocycles. The van der Waals surface area contributed by atoms with Gasteiger partial charge in [-0.25, -0.2) is 13.4 Å². The maximum atomic E-state index is 12.0. The van der Waals surface area contributed by atoms with E-state index in [-0.39, 0.29) is 10.0 Å². The second kappa shape index (κ2) is 4.71. The van der Waals surface area contributed by atoms with Gasteiger partial charge in [0.05, 0.1) is 16.9 Å². The third kappa shape index (κ3) is 3.02. The number of nitrogens with two attached hydrogens (primary N) is 1. The van der Waals surface area contributed by atoms with Gasteiger partial charge < -0.3 is 10.3 Å². The predicted molar refractivity (Wildman–Crippen MR) is 69.0 cm³/mol. The van der Waals surface area contributed by atoms with Crippen molar-refractivity contribution in [2.45, 2.75) is 30.8 Å². The van der Waals surface area contributed by atoms with E-state index in [9.17, 15) is 8.42 Å². The summed E-state index contributed by atoms with van der Waals surface area (Å²) in [4.78, 5) is 3.90. The summed E-state index contributed by atoms with van der Waals surface area (Å²) in [7, 11) is -2.01. The van der Waals surface area contributed by atoms with Crippen LogP contribution < -0.4 is 10.5 Å². The maximum absolute atomic E-state index is 12.0. The molecule has 0 aliphatic rings. The van der Waals surface area contributed by atoms with Crippen LogP contribution in [0.15, 0.2) is 17.6 Å².